The predicted molar refractivity (Wildman–Crippen MR) is 66.9 cm³/mol. The zero-order valence-corrected chi connectivity index (χ0v) is 10.8. The molecule has 2 rings (SSSR count). The van der Waals surface area contributed by atoms with E-state index in [4.69, 9.17) is 5.11 Å². The minimum atomic E-state index is -0.837. The average molecular weight is 257 g/mol. The smallest absolute Gasteiger partial charge is 0.307 e. The van der Waals surface area contributed by atoms with Crippen LogP contribution < -0.4 is 5.32 Å². The third kappa shape index (κ3) is 2.94. The van der Waals surface area contributed by atoms with Crippen LogP contribution in [0.3, 0.4) is 0 Å². The second kappa shape index (κ2) is 5.29. The summed E-state index contributed by atoms with van der Waals surface area (Å²) in [6.07, 6.45) is 3.87. The summed E-state index contributed by atoms with van der Waals surface area (Å²) in [6, 6.07) is 0.252. The largest absolute Gasteiger partial charge is 0.481 e. The number of carbonyl (C=O) groups is 2. The van der Waals surface area contributed by atoms with E-state index in [9.17, 15) is 9.59 Å². The van der Waals surface area contributed by atoms with Crippen molar-refractivity contribution in [3.05, 3.63) is 0 Å². The lowest BCUT2D eigenvalue weighted by molar-refractivity contribution is -0.140. The summed E-state index contributed by atoms with van der Waals surface area (Å²) in [5, 5.41) is 12.3. The Morgan fingerprint density at radius 3 is 2.71 bits per heavy atom. The number of rotatable bonds is 5. The molecule has 17 heavy (non-hydrogen) atoms. The number of thioether (sulfide) groups is 1. The normalized spacial score (nSPS) is 35.6. The number of nitrogens with one attached hydrogen (secondary N) is 1. The quantitative estimate of drug-likeness (QED) is 0.783. The van der Waals surface area contributed by atoms with Gasteiger partial charge in [0.25, 0.3) is 0 Å². The molecular formula is C12H19NO3S. The monoisotopic (exact) mass is 257 g/mol. The second-order valence-corrected chi connectivity index (χ2v) is 6.34. The van der Waals surface area contributed by atoms with Crippen molar-refractivity contribution >= 4 is 23.6 Å². The summed E-state index contributed by atoms with van der Waals surface area (Å²) in [7, 11) is 0. The Morgan fingerprint density at radius 1 is 1.35 bits per heavy atom. The number of aliphatic carboxylic acids is 1. The van der Waals surface area contributed by atoms with Crippen LogP contribution in [0.2, 0.25) is 0 Å². The van der Waals surface area contributed by atoms with Gasteiger partial charge in [-0.2, -0.15) is 11.8 Å². The van der Waals surface area contributed by atoms with E-state index in [1.807, 2.05) is 11.8 Å². The molecule has 0 heterocycles. The van der Waals surface area contributed by atoms with Gasteiger partial charge in [-0.3, -0.25) is 9.59 Å². The molecule has 4 atom stereocenters. The van der Waals surface area contributed by atoms with E-state index in [-0.39, 0.29) is 17.9 Å². The van der Waals surface area contributed by atoms with E-state index >= 15 is 0 Å². The Morgan fingerprint density at radius 2 is 2.12 bits per heavy atom. The minimum Gasteiger partial charge on any atom is -0.481 e. The standard InChI is InChI=1S/C12H19NO3S/c1-2-17-10-5-3-4-9(10)13-11(14)7-6-8(7)12(15)16/h7-10H,2-6H2,1H3,(H,13,14)(H,15,16). The van der Waals surface area contributed by atoms with E-state index in [0.717, 1.165) is 25.0 Å². The van der Waals surface area contributed by atoms with Crippen molar-refractivity contribution < 1.29 is 14.7 Å². The van der Waals surface area contributed by atoms with Crippen LogP contribution in [0, 0.1) is 11.8 Å². The Kier molecular flexibility index (Phi) is 3.97. The molecule has 2 aliphatic rings. The van der Waals surface area contributed by atoms with Gasteiger partial charge in [-0.25, -0.2) is 0 Å². The number of carboxylic acids is 1. The van der Waals surface area contributed by atoms with Crippen LogP contribution in [0.5, 0.6) is 0 Å². The zero-order valence-electron chi connectivity index (χ0n) is 10.0. The van der Waals surface area contributed by atoms with Gasteiger partial charge < -0.3 is 10.4 Å². The number of amides is 1. The van der Waals surface area contributed by atoms with E-state index in [1.54, 1.807) is 0 Å². The van der Waals surface area contributed by atoms with Gasteiger partial charge >= 0.3 is 5.97 Å². The van der Waals surface area contributed by atoms with Gasteiger partial charge in [-0.15, -0.1) is 0 Å². The fourth-order valence-electron chi connectivity index (χ4n) is 2.55. The summed E-state index contributed by atoms with van der Waals surface area (Å²) >= 11 is 1.90. The van der Waals surface area contributed by atoms with Crippen LogP contribution in [0.15, 0.2) is 0 Å². The molecule has 0 aliphatic heterocycles. The Labute approximate surface area is 106 Å². The number of hydrogen-bond acceptors (Lipinski definition) is 3. The molecular weight excluding hydrogens is 238 g/mol. The van der Waals surface area contributed by atoms with E-state index in [2.05, 4.69) is 12.2 Å². The molecule has 0 spiro atoms. The van der Waals surface area contributed by atoms with Crippen LogP contribution in [0.1, 0.15) is 32.6 Å². The van der Waals surface area contributed by atoms with E-state index in [0.29, 0.717) is 11.7 Å². The predicted octanol–water partition coefficient (Wildman–Crippen LogP) is 1.50. The molecule has 2 N–H and O–H groups in total. The molecule has 2 aliphatic carbocycles. The first-order valence-corrected chi connectivity index (χ1v) is 7.33. The molecule has 0 bridgehead atoms. The first-order chi connectivity index (χ1) is 8.13. The molecule has 4 nitrogen and oxygen atoms in total. The molecule has 0 aromatic heterocycles. The first kappa shape index (κ1) is 12.7. The molecule has 0 aromatic rings. The molecule has 2 fully saturated rings. The third-order valence-electron chi connectivity index (χ3n) is 3.61. The Balaban J connectivity index is 1.81. The van der Waals surface area contributed by atoms with Crippen LogP contribution >= 0.6 is 11.8 Å². The molecule has 2 saturated carbocycles. The molecule has 96 valence electrons. The number of carboxylic acid groups (broad SMARTS) is 1. The number of hydrogen-bond donors (Lipinski definition) is 2. The van der Waals surface area contributed by atoms with Gasteiger partial charge in [0.05, 0.1) is 11.8 Å². The van der Waals surface area contributed by atoms with Crippen LogP contribution in [0.25, 0.3) is 0 Å². The maximum absolute atomic E-state index is 11.8. The Bertz CT molecular complexity index is 321. The Hall–Kier alpha value is -0.710. The fraction of sp³-hybridized carbons (Fsp3) is 0.833. The van der Waals surface area contributed by atoms with Crippen molar-refractivity contribution in [2.24, 2.45) is 11.8 Å². The van der Waals surface area contributed by atoms with Gasteiger partial charge in [0.15, 0.2) is 0 Å². The molecule has 5 heteroatoms. The van der Waals surface area contributed by atoms with E-state index in [1.165, 1.54) is 0 Å². The van der Waals surface area contributed by atoms with Gasteiger partial charge in [0.2, 0.25) is 5.91 Å². The fourth-order valence-corrected chi connectivity index (χ4v) is 3.75. The van der Waals surface area contributed by atoms with Crippen molar-refractivity contribution in [3.8, 4) is 0 Å². The van der Waals surface area contributed by atoms with Gasteiger partial charge in [0.1, 0.15) is 0 Å². The molecule has 0 saturated heterocycles. The first-order valence-electron chi connectivity index (χ1n) is 6.28. The maximum atomic E-state index is 11.8. The lowest BCUT2D eigenvalue weighted by Crippen LogP contribution is -2.40. The highest BCUT2D eigenvalue weighted by Gasteiger charge is 2.49. The van der Waals surface area contributed by atoms with Crippen LogP contribution in [-0.4, -0.2) is 34.0 Å². The van der Waals surface area contributed by atoms with Crippen LogP contribution in [0.4, 0.5) is 0 Å². The highest BCUT2D eigenvalue weighted by Crippen LogP contribution is 2.39. The lowest BCUT2D eigenvalue weighted by atomic mass is 10.2. The van der Waals surface area contributed by atoms with Gasteiger partial charge in [-0.1, -0.05) is 13.3 Å². The van der Waals surface area contributed by atoms with Crippen molar-refractivity contribution in [2.75, 3.05) is 5.75 Å². The molecule has 0 radical (unpaired) electrons. The summed E-state index contributed by atoms with van der Waals surface area (Å²) in [5.41, 5.74) is 0. The molecule has 4 unspecified atom stereocenters. The van der Waals surface area contributed by atoms with Crippen molar-refractivity contribution in [1.29, 1.82) is 0 Å². The van der Waals surface area contributed by atoms with Crippen molar-refractivity contribution in [2.45, 2.75) is 43.9 Å². The van der Waals surface area contributed by atoms with Crippen LogP contribution in [-0.2, 0) is 9.59 Å². The maximum Gasteiger partial charge on any atom is 0.307 e. The summed E-state index contributed by atoms with van der Waals surface area (Å²) in [5.74, 6) is -0.533. The third-order valence-corrected chi connectivity index (χ3v) is 4.93. The topological polar surface area (TPSA) is 66.4 Å². The summed E-state index contributed by atoms with van der Waals surface area (Å²) < 4.78 is 0. The van der Waals surface area contributed by atoms with Gasteiger partial charge in [0, 0.05) is 11.3 Å². The van der Waals surface area contributed by atoms with Crippen molar-refractivity contribution in [1.82, 2.24) is 5.32 Å². The average Bonchev–Trinajstić information content (AvgIpc) is 2.98. The van der Waals surface area contributed by atoms with Crippen molar-refractivity contribution in [3.63, 3.8) is 0 Å². The molecule has 1 amide bonds. The summed E-state index contributed by atoms with van der Waals surface area (Å²) in [6.45, 7) is 2.13. The zero-order chi connectivity index (χ0) is 12.4. The highest BCUT2D eigenvalue weighted by molar-refractivity contribution is 7.99. The van der Waals surface area contributed by atoms with Gasteiger partial charge in [-0.05, 0) is 25.0 Å². The highest BCUT2D eigenvalue weighted by atomic mass is 32.2. The number of carbonyl (C=O) groups excluding carboxylic acids is 1. The van der Waals surface area contributed by atoms with E-state index < -0.39 is 11.9 Å². The lowest BCUT2D eigenvalue weighted by Gasteiger charge is -2.20. The minimum absolute atomic E-state index is 0.0500. The SMILES string of the molecule is CCSC1CCCC1NC(=O)C1CC1C(=O)O. The summed E-state index contributed by atoms with van der Waals surface area (Å²) in [4.78, 5) is 22.5. The molecule has 0 aromatic carbocycles. The second-order valence-electron chi connectivity index (χ2n) is 4.83.